The van der Waals surface area contributed by atoms with E-state index >= 15 is 0 Å². The normalized spacial score (nSPS) is 17.4. The highest BCUT2D eigenvalue weighted by molar-refractivity contribution is 5.88. The molecule has 0 spiro atoms. The first-order chi connectivity index (χ1) is 22.6. The molecule has 12 nitrogen and oxygen atoms in total. The molecule has 2 atom stereocenters. The Kier molecular flexibility index (Phi) is 13.3. The fourth-order valence-electron chi connectivity index (χ4n) is 6.17. The molecular formula is C35H47N5O7. The van der Waals surface area contributed by atoms with Gasteiger partial charge in [0, 0.05) is 71.7 Å². The van der Waals surface area contributed by atoms with E-state index in [1.807, 2.05) is 12.1 Å². The first kappa shape index (κ1) is 36.0. The zero-order valence-electron chi connectivity index (χ0n) is 28.0. The number of nitrogens with one attached hydrogen (secondary N) is 1. The molecule has 3 heterocycles. The van der Waals surface area contributed by atoms with Crippen molar-refractivity contribution in [3.05, 3.63) is 52.3 Å². The lowest BCUT2D eigenvalue weighted by Gasteiger charge is -2.36. The summed E-state index contributed by atoms with van der Waals surface area (Å²) in [5, 5.41) is 4.35. The van der Waals surface area contributed by atoms with Crippen molar-refractivity contribution in [1.82, 2.24) is 25.0 Å². The fourth-order valence-corrected chi connectivity index (χ4v) is 6.17. The van der Waals surface area contributed by atoms with Gasteiger partial charge in [0.25, 0.3) is 0 Å². The Balaban J connectivity index is 1.63. The van der Waals surface area contributed by atoms with Crippen LogP contribution in [-0.4, -0.2) is 115 Å². The van der Waals surface area contributed by atoms with Gasteiger partial charge >= 0.3 is 5.97 Å². The first-order valence-corrected chi connectivity index (χ1v) is 16.4. The maximum Gasteiger partial charge on any atom is 0.323 e. The lowest BCUT2D eigenvalue weighted by atomic mass is 10.0. The summed E-state index contributed by atoms with van der Waals surface area (Å²) in [4.78, 5) is 73.5. The number of nitrogens with zero attached hydrogens (tertiary/aromatic N) is 4. The molecule has 0 amide bonds. The molecule has 1 aromatic carbocycles. The van der Waals surface area contributed by atoms with E-state index in [0.29, 0.717) is 100 Å². The number of hydrogen-bond donors (Lipinski definition) is 1. The summed E-state index contributed by atoms with van der Waals surface area (Å²) in [5.41, 5.74) is 1.32. The SMILES string of the molecule is COC(=O)C(CCC(C)=O)N1CCNCCN(C(CCC(C)=O)C(C)=O)CCN(Cc2ccc3c(=O)c4ccccc4oc3n2)CC1. The number of carbonyl (C=O) groups is 4. The molecule has 1 saturated heterocycles. The zero-order valence-corrected chi connectivity index (χ0v) is 28.0. The molecule has 2 aromatic heterocycles. The maximum absolute atomic E-state index is 13.1. The van der Waals surface area contributed by atoms with Crippen LogP contribution >= 0.6 is 0 Å². The topological polar surface area (TPSA) is 142 Å². The third-order valence-corrected chi connectivity index (χ3v) is 8.81. The van der Waals surface area contributed by atoms with E-state index in [9.17, 15) is 24.0 Å². The van der Waals surface area contributed by atoms with Crippen LogP contribution in [0.15, 0.2) is 45.6 Å². The van der Waals surface area contributed by atoms with Gasteiger partial charge in [-0.05, 0) is 57.9 Å². The summed E-state index contributed by atoms with van der Waals surface area (Å²) in [6, 6.07) is 9.74. The van der Waals surface area contributed by atoms with Crippen molar-refractivity contribution < 1.29 is 28.3 Å². The standard InChI is InChI=1S/C35H47N5O7/c1-24(41)9-13-30(26(3)43)39-17-15-36-16-18-40(31(35(45)46-4)14-10-25(2)42)22-20-38(19-21-39)23-27-11-12-29-33(44)28-7-5-6-8-32(28)47-34(29)37-27/h5-8,11-12,30-31,36H,9-10,13-23H2,1-4H3. The van der Waals surface area contributed by atoms with Gasteiger partial charge < -0.3 is 24.1 Å². The molecule has 4 rings (SSSR count). The molecule has 2 unspecified atom stereocenters. The van der Waals surface area contributed by atoms with Gasteiger partial charge in [-0.15, -0.1) is 0 Å². The van der Waals surface area contributed by atoms with Crippen LogP contribution in [0.1, 0.15) is 52.1 Å². The van der Waals surface area contributed by atoms with Crippen LogP contribution in [0.25, 0.3) is 22.1 Å². The van der Waals surface area contributed by atoms with Crippen LogP contribution in [0.4, 0.5) is 0 Å². The number of aromatic nitrogens is 1. The zero-order chi connectivity index (χ0) is 33.9. The molecule has 0 radical (unpaired) electrons. The number of rotatable bonds is 12. The summed E-state index contributed by atoms with van der Waals surface area (Å²) in [7, 11) is 1.36. The van der Waals surface area contributed by atoms with Gasteiger partial charge in [0.2, 0.25) is 11.1 Å². The van der Waals surface area contributed by atoms with Crippen molar-refractivity contribution in [3.8, 4) is 0 Å². The van der Waals surface area contributed by atoms with E-state index in [1.54, 1.807) is 38.1 Å². The van der Waals surface area contributed by atoms with Crippen LogP contribution in [-0.2, 0) is 30.5 Å². The number of pyridine rings is 1. The average molecular weight is 650 g/mol. The van der Waals surface area contributed by atoms with Gasteiger partial charge in [0.1, 0.15) is 29.0 Å². The Bertz CT molecular complexity index is 1620. The number of para-hydroxylation sites is 1. The highest BCUT2D eigenvalue weighted by Crippen LogP contribution is 2.19. The minimum absolute atomic E-state index is 0.0136. The fraction of sp³-hybridized carbons (Fsp3) is 0.543. The molecule has 1 aliphatic heterocycles. The van der Waals surface area contributed by atoms with Crippen LogP contribution in [0.2, 0.25) is 0 Å². The second kappa shape index (κ2) is 17.4. The minimum atomic E-state index is -0.568. The van der Waals surface area contributed by atoms with Crippen molar-refractivity contribution in [3.63, 3.8) is 0 Å². The molecule has 12 heteroatoms. The van der Waals surface area contributed by atoms with Gasteiger partial charge in [0.15, 0.2) is 0 Å². The molecule has 3 aromatic rings. The highest BCUT2D eigenvalue weighted by atomic mass is 16.5. The molecular weight excluding hydrogens is 602 g/mol. The van der Waals surface area contributed by atoms with E-state index < -0.39 is 6.04 Å². The number of carbonyl (C=O) groups excluding carboxylic acids is 4. The molecule has 1 aliphatic rings. The predicted octanol–water partition coefficient (Wildman–Crippen LogP) is 2.59. The first-order valence-electron chi connectivity index (χ1n) is 16.4. The van der Waals surface area contributed by atoms with E-state index in [0.717, 1.165) is 0 Å². The average Bonchev–Trinajstić information content (AvgIpc) is 3.03. The van der Waals surface area contributed by atoms with Crippen molar-refractivity contribution in [2.75, 3.05) is 59.5 Å². The Labute approximate surface area is 275 Å². The van der Waals surface area contributed by atoms with Crippen molar-refractivity contribution in [2.45, 2.75) is 65.1 Å². The number of ketones is 3. The summed E-state index contributed by atoms with van der Waals surface area (Å²) >= 11 is 0. The minimum Gasteiger partial charge on any atom is -0.468 e. The molecule has 254 valence electrons. The molecule has 0 bridgehead atoms. The smallest absolute Gasteiger partial charge is 0.323 e. The molecule has 0 aliphatic carbocycles. The summed E-state index contributed by atoms with van der Waals surface area (Å²) < 4.78 is 11.2. The van der Waals surface area contributed by atoms with E-state index in [1.165, 1.54) is 14.0 Å². The van der Waals surface area contributed by atoms with Crippen LogP contribution < -0.4 is 10.7 Å². The Morgan fingerprint density at radius 2 is 1.45 bits per heavy atom. The maximum atomic E-state index is 13.1. The Morgan fingerprint density at radius 1 is 0.830 bits per heavy atom. The summed E-state index contributed by atoms with van der Waals surface area (Å²) in [6.45, 7) is 9.67. The Hall–Kier alpha value is -3.84. The Morgan fingerprint density at radius 3 is 2.06 bits per heavy atom. The molecule has 1 N–H and O–H groups in total. The van der Waals surface area contributed by atoms with Gasteiger partial charge in [-0.1, -0.05) is 12.1 Å². The highest BCUT2D eigenvalue weighted by Gasteiger charge is 2.29. The predicted molar refractivity (Wildman–Crippen MR) is 179 cm³/mol. The van der Waals surface area contributed by atoms with E-state index in [4.69, 9.17) is 14.1 Å². The van der Waals surface area contributed by atoms with Crippen LogP contribution in [0, 0.1) is 0 Å². The van der Waals surface area contributed by atoms with Gasteiger partial charge in [-0.2, -0.15) is 0 Å². The second-order valence-electron chi connectivity index (χ2n) is 12.3. The largest absolute Gasteiger partial charge is 0.468 e. The van der Waals surface area contributed by atoms with Gasteiger partial charge in [-0.3, -0.25) is 29.1 Å². The number of ether oxygens (including phenoxy) is 1. The molecule has 1 fully saturated rings. The third-order valence-electron chi connectivity index (χ3n) is 8.81. The van der Waals surface area contributed by atoms with Gasteiger partial charge in [-0.25, -0.2) is 4.98 Å². The second-order valence-corrected chi connectivity index (χ2v) is 12.3. The summed E-state index contributed by atoms with van der Waals surface area (Å²) in [5.74, 6) is -0.276. The lowest BCUT2D eigenvalue weighted by Crippen LogP contribution is -2.51. The van der Waals surface area contributed by atoms with Crippen molar-refractivity contribution in [1.29, 1.82) is 0 Å². The summed E-state index contributed by atoms with van der Waals surface area (Å²) in [6.07, 6.45) is 1.44. The van der Waals surface area contributed by atoms with E-state index in [2.05, 4.69) is 20.0 Å². The molecule has 47 heavy (non-hydrogen) atoms. The number of methoxy groups -OCH3 is 1. The number of hydrogen-bond acceptors (Lipinski definition) is 12. The van der Waals surface area contributed by atoms with E-state index in [-0.39, 0.29) is 46.9 Å². The van der Waals surface area contributed by atoms with Gasteiger partial charge in [0.05, 0.1) is 29.6 Å². The third kappa shape index (κ3) is 10.1. The van der Waals surface area contributed by atoms with Crippen molar-refractivity contribution in [2.24, 2.45) is 0 Å². The van der Waals surface area contributed by atoms with Crippen molar-refractivity contribution >= 4 is 45.4 Å². The van der Waals surface area contributed by atoms with Crippen LogP contribution in [0.3, 0.4) is 0 Å². The van der Waals surface area contributed by atoms with Crippen LogP contribution in [0.5, 0.6) is 0 Å². The number of esters is 1. The number of Topliss-reactive ketones (excluding diaryl/α,β-unsaturated/α-hetero) is 3. The molecule has 0 saturated carbocycles. The monoisotopic (exact) mass is 649 g/mol. The lowest BCUT2D eigenvalue weighted by molar-refractivity contribution is -0.147. The number of fused-ring (bicyclic) bond motifs is 2. The quantitative estimate of drug-likeness (QED) is 0.228. The number of benzene rings is 1.